The molecule has 2 saturated carbocycles. The monoisotopic (exact) mass is 506 g/mol. The summed E-state index contributed by atoms with van der Waals surface area (Å²) in [6.07, 6.45) is 9.40. The number of benzene rings is 2. The molecular formula is C31H34N6O. The second kappa shape index (κ2) is 9.95. The van der Waals surface area contributed by atoms with Crippen LogP contribution in [0.15, 0.2) is 72.9 Å². The van der Waals surface area contributed by atoms with Crippen molar-refractivity contribution in [3.8, 4) is 17.1 Å². The molecule has 1 N–H and O–H groups in total. The molecule has 38 heavy (non-hydrogen) atoms. The van der Waals surface area contributed by atoms with Crippen LogP contribution < -0.4 is 10.1 Å². The minimum Gasteiger partial charge on any atom is -0.487 e. The van der Waals surface area contributed by atoms with Crippen LogP contribution in [0, 0.1) is 11.8 Å². The van der Waals surface area contributed by atoms with Gasteiger partial charge in [0.1, 0.15) is 12.4 Å². The van der Waals surface area contributed by atoms with Crippen molar-refractivity contribution in [3.63, 3.8) is 0 Å². The van der Waals surface area contributed by atoms with Crippen LogP contribution in [0.5, 0.6) is 5.75 Å². The van der Waals surface area contributed by atoms with E-state index in [1.807, 2.05) is 18.2 Å². The van der Waals surface area contributed by atoms with Crippen LogP contribution >= 0.6 is 0 Å². The second-order valence-corrected chi connectivity index (χ2v) is 11.2. The molecule has 2 aromatic carbocycles. The molecule has 7 rings (SSSR count). The molecule has 4 aromatic rings. The number of tetrazole rings is 1. The third kappa shape index (κ3) is 4.39. The van der Waals surface area contributed by atoms with Crippen molar-refractivity contribution in [2.75, 3.05) is 6.54 Å². The zero-order valence-electron chi connectivity index (χ0n) is 21.7. The van der Waals surface area contributed by atoms with E-state index in [9.17, 15) is 0 Å². The smallest absolute Gasteiger partial charge is 0.204 e. The van der Waals surface area contributed by atoms with Crippen LogP contribution in [0.4, 0.5) is 0 Å². The fourth-order valence-electron chi connectivity index (χ4n) is 7.16. The number of hydrogen-bond donors (Lipinski definition) is 1. The normalized spacial score (nSPS) is 26.2. The predicted molar refractivity (Wildman–Crippen MR) is 146 cm³/mol. The molecule has 0 spiro atoms. The Bertz CT molecular complexity index is 1360. The standard InChI is InChI=1S/C31H34N6O/c1-2-16-33-28(4-1)21-38-29-14-12-25(13-15-29)31(19-22-6-9-26(31)18-22)24-10-7-23(8-11-24)30-34-36-37(35-30)20-27-5-3-17-32-27/h1-2,4,7-8,10-16,22,26-27,32H,3,5-6,9,17-21H2/t22?,26?,27-,31-/m0/s1. The van der Waals surface area contributed by atoms with Gasteiger partial charge in [-0.1, -0.05) is 48.9 Å². The van der Waals surface area contributed by atoms with Gasteiger partial charge in [-0.3, -0.25) is 4.98 Å². The zero-order valence-corrected chi connectivity index (χ0v) is 21.7. The highest BCUT2D eigenvalue weighted by Crippen LogP contribution is 2.60. The fourth-order valence-corrected chi connectivity index (χ4v) is 7.16. The summed E-state index contributed by atoms with van der Waals surface area (Å²) < 4.78 is 6.03. The van der Waals surface area contributed by atoms with E-state index in [0.717, 1.165) is 36.0 Å². The lowest BCUT2D eigenvalue weighted by Gasteiger charge is -2.39. The molecule has 3 heterocycles. The largest absolute Gasteiger partial charge is 0.487 e. The Labute approximate surface area is 223 Å². The minimum atomic E-state index is 0.0557. The van der Waals surface area contributed by atoms with Gasteiger partial charge in [0.05, 0.1) is 12.2 Å². The third-order valence-electron chi connectivity index (χ3n) is 8.99. The number of ether oxygens (including phenoxy) is 1. The first-order valence-electron chi connectivity index (χ1n) is 14.0. The first-order chi connectivity index (χ1) is 18.8. The summed E-state index contributed by atoms with van der Waals surface area (Å²) in [6, 6.07) is 24.2. The van der Waals surface area contributed by atoms with Gasteiger partial charge in [-0.25, -0.2) is 0 Å². The van der Waals surface area contributed by atoms with Gasteiger partial charge in [-0.15, -0.1) is 10.2 Å². The average molecular weight is 507 g/mol. The molecule has 0 radical (unpaired) electrons. The Morgan fingerprint density at radius 1 is 0.947 bits per heavy atom. The molecule has 7 heteroatoms. The van der Waals surface area contributed by atoms with Gasteiger partial charge in [0, 0.05) is 23.2 Å². The molecule has 0 amide bonds. The first-order valence-corrected chi connectivity index (χ1v) is 14.0. The molecule has 1 saturated heterocycles. The summed E-state index contributed by atoms with van der Waals surface area (Å²) in [4.78, 5) is 6.10. The Kier molecular flexibility index (Phi) is 6.16. The van der Waals surface area contributed by atoms with Crippen LogP contribution in [-0.4, -0.2) is 37.8 Å². The van der Waals surface area contributed by atoms with Gasteiger partial charge in [0.2, 0.25) is 5.82 Å². The molecule has 2 aliphatic carbocycles. The van der Waals surface area contributed by atoms with E-state index in [2.05, 4.69) is 74.2 Å². The van der Waals surface area contributed by atoms with Crippen LogP contribution in [0.2, 0.25) is 0 Å². The number of nitrogens with one attached hydrogen (secondary N) is 1. The lowest BCUT2D eigenvalue weighted by atomic mass is 9.64. The Morgan fingerprint density at radius 3 is 2.47 bits per heavy atom. The molecule has 1 aliphatic heterocycles. The lowest BCUT2D eigenvalue weighted by molar-refractivity contribution is 0.299. The van der Waals surface area contributed by atoms with E-state index >= 15 is 0 Å². The van der Waals surface area contributed by atoms with Crippen molar-refractivity contribution >= 4 is 0 Å². The summed E-state index contributed by atoms with van der Waals surface area (Å²) in [5.74, 6) is 3.07. The Hall–Kier alpha value is -3.58. The van der Waals surface area contributed by atoms with E-state index < -0.39 is 0 Å². The molecule has 3 fully saturated rings. The maximum absolute atomic E-state index is 6.03. The molecule has 4 atom stereocenters. The molecule has 194 valence electrons. The van der Waals surface area contributed by atoms with Crippen molar-refractivity contribution in [2.24, 2.45) is 11.8 Å². The van der Waals surface area contributed by atoms with E-state index in [-0.39, 0.29) is 5.41 Å². The molecule has 2 bridgehead atoms. The van der Waals surface area contributed by atoms with Gasteiger partial charge in [-0.2, -0.15) is 4.80 Å². The van der Waals surface area contributed by atoms with Crippen molar-refractivity contribution < 1.29 is 4.74 Å². The summed E-state index contributed by atoms with van der Waals surface area (Å²) in [7, 11) is 0. The van der Waals surface area contributed by atoms with Crippen LogP contribution in [0.25, 0.3) is 11.4 Å². The van der Waals surface area contributed by atoms with Gasteiger partial charge < -0.3 is 10.1 Å². The summed E-state index contributed by atoms with van der Waals surface area (Å²) in [5, 5.41) is 16.8. The van der Waals surface area contributed by atoms with Crippen molar-refractivity contribution in [1.29, 1.82) is 0 Å². The molecular weight excluding hydrogens is 472 g/mol. The Balaban J connectivity index is 1.12. The highest BCUT2D eigenvalue weighted by atomic mass is 16.5. The van der Waals surface area contributed by atoms with Crippen LogP contribution in [-0.2, 0) is 18.6 Å². The van der Waals surface area contributed by atoms with Crippen molar-refractivity contribution in [3.05, 3.63) is 89.7 Å². The van der Waals surface area contributed by atoms with E-state index in [1.54, 1.807) is 11.0 Å². The van der Waals surface area contributed by atoms with Gasteiger partial charge >= 0.3 is 0 Å². The summed E-state index contributed by atoms with van der Waals surface area (Å²) in [6.45, 7) is 2.34. The highest BCUT2D eigenvalue weighted by molar-refractivity contribution is 5.56. The number of fused-ring (bicyclic) bond motifs is 2. The quantitative estimate of drug-likeness (QED) is 0.355. The van der Waals surface area contributed by atoms with Crippen LogP contribution in [0.1, 0.15) is 55.3 Å². The maximum atomic E-state index is 6.03. The van der Waals surface area contributed by atoms with E-state index in [4.69, 9.17) is 4.74 Å². The summed E-state index contributed by atoms with van der Waals surface area (Å²) in [5.41, 5.74) is 4.82. The minimum absolute atomic E-state index is 0.0557. The van der Waals surface area contributed by atoms with E-state index in [1.165, 1.54) is 49.7 Å². The third-order valence-corrected chi connectivity index (χ3v) is 8.99. The Morgan fingerprint density at radius 2 is 1.79 bits per heavy atom. The maximum Gasteiger partial charge on any atom is 0.204 e. The molecule has 3 aliphatic rings. The van der Waals surface area contributed by atoms with Crippen molar-refractivity contribution in [1.82, 2.24) is 30.5 Å². The van der Waals surface area contributed by atoms with Gasteiger partial charge in [-0.05, 0) is 91.1 Å². The highest BCUT2D eigenvalue weighted by Gasteiger charge is 2.52. The molecule has 7 nitrogen and oxygen atoms in total. The number of pyridine rings is 1. The summed E-state index contributed by atoms with van der Waals surface area (Å²) >= 11 is 0. The number of aromatic nitrogens is 5. The average Bonchev–Trinajstić information content (AvgIpc) is 3.79. The topological polar surface area (TPSA) is 77.8 Å². The lowest BCUT2D eigenvalue weighted by Crippen LogP contribution is -2.34. The zero-order chi connectivity index (χ0) is 25.4. The van der Waals surface area contributed by atoms with Gasteiger partial charge in [0.25, 0.3) is 0 Å². The second-order valence-electron chi connectivity index (χ2n) is 11.2. The van der Waals surface area contributed by atoms with Crippen LogP contribution in [0.3, 0.4) is 0 Å². The fraction of sp³-hybridized carbons (Fsp3) is 0.419. The van der Waals surface area contributed by atoms with Crippen molar-refractivity contribution in [2.45, 2.75) is 63.1 Å². The number of nitrogens with zero attached hydrogens (tertiary/aromatic N) is 5. The SMILES string of the molecule is c1ccc(COc2ccc([C@@]3(c4ccc(-c5nnn(C[C@@H]6CCCN6)n5)cc4)CC4CCC3C4)cc2)nc1. The predicted octanol–water partition coefficient (Wildman–Crippen LogP) is 5.17. The first kappa shape index (κ1) is 23.5. The number of rotatable bonds is 8. The van der Waals surface area contributed by atoms with E-state index in [0.29, 0.717) is 24.4 Å². The molecule has 2 aromatic heterocycles. The van der Waals surface area contributed by atoms with Gasteiger partial charge in [0.15, 0.2) is 0 Å². The molecule has 2 unspecified atom stereocenters. The number of hydrogen-bond acceptors (Lipinski definition) is 6.